The van der Waals surface area contributed by atoms with Gasteiger partial charge in [0.25, 0.3) is 5.91 Å². The summed E-state index contributed by atoms with van der Waals surface area (Å²) in [5.41, 5.74) is 3.95. The number of piperidine rings is 2. The minimum Gasteiger partial charge on any atom is -0.322 e. The van der Waals surface area contributed by atoms with E-state index >= 15 is 0 Å². The molecule has 2 atom stereocenters. The smallest absolute Gasteiger partial charge is 0.255 e. The maximum absolute atomic E-state index is 12.9. The molecule has 2 unspecified atom stereocenters. The second-order valence-electron chi connectivity index (χ2n) is 9.18. The summed E-state index contributed by atoms with van der Waals surface area (Å²) >= 11 is 0. The van der Waals surface area contributed by atoms with Crippen LogP contribution in [0.3, 0.4) is 0 Å². The first-order valence-corrected chi connectivity index (χ1v) is 11.8. The standard InChI is InChI=1S/C25H29N5O3/c1-2-21(20-14-26-9-10-27-20)29-11-7-16(8-12-29)17-3-4-19-18(13-17)15-30(25(19)33)22-5-6-23(31)28-24(22)32/h3-4,9-10,13-14,16,21-22H,2,5-8,11-12,15H2,1H3,(H,28,31,32). The molecule has 1 aromatic carbocycles. The first-order valence-electron chi connectivity index (χ1n) is 11.8. The molecule has 3 amide bonds. The number of amides is 3. The summed E-state index contributed by atoms with van der Waals surface area (Å²) in [5, 5.41) is 2.36. The van der Waals surface area contributed by atoms with Crippen molar-refractivity contribution in [3.05, 3.63) is 59.2 Å². The van der Waals surface area contributed by atoms with Gasteiger partial charge in [-0.3, -0.25) is 34.6 Å². The highest BCUT2D eigenvalue weighted by Gasteiger charge is 2.39. The zero-order valence-corrected chi connectivity index (χ0v) is 18.9. The van der Waals surface area contributed by atoms with Crippen LogP contribution in [-0.2, 0) is 16.1 Å². The molecule has 33 heavy (non-hydrogen) atoms. The first kappa shape index (κ1) is 21.7. The van der Waals surface area contributed by atoms with Crippen LogP contribution in [0.4, 0.5) is 0 Å². The van der Waals surface area contributed by atoms with Gasteiger partial charge in [0.2, 0.25) is 11.8 Å². The van der Waals surface area contributed by atoms with Crippen molar-refractivity contribution in [2.45, 2.75) is 63.6 Å². The van der Waals surface area contributed by atoms with Gasteiger partial charge in [0, 0.05) is 37.1 Å². The minimum atomic E-state index is -0.568. The molecular weight excluding hydrogens is 418 g/mol. The zero-order chi connectivity index (χ0) is 22.9. The Morgan fingerprint density at radius 3 is 2.64 bits per heavy atom. The lowest BCUT2D eigenvalue weighted by molar-refractivity contribution is -0.136. The van der Waals surface area contributed by atoms with Gasteiger partial charge in [-0.1, -0.05) is 19.1 Å². The van der Waals surface area contributed by atoms with E-state index in [-0.39, 0.29) is 24.1 Å². The van der Waals surface area contributed by atoms with E-state index in [1.165, 1.54) is 5.56 Å². The molecule has 0 saturated carbocycles. The summed E-state index contributed by atoms with van der Waals surface area (Å²) in [6, 6.07) is 5.87. The van der Waals surface area contributed by atoms with E-state index in [0.717, 1.165) is 43.6 Å². The average Bonchev–Trinajstić information content (AvgIpc) is 3.16. The fraction of sp³-hybridized carbons (Fsp3) is 0.480. The number of benzene rings is 1. The van der Waals surface area contributed by atoms with Crippen molar-refractivity contribution in [3.8, 4) is 0 Å². The fourth-order valence-corrected chi connectivity index (χ4v) is 5.53. The van der Waals surface area contributed by atoms with Gasteiger partial charge in [0.05, 0.1) is 11.7 Å². The first-order chi connectivity index (χ1) is 16.0. The number of carbonyl (C=O) groups excluding carboxylic acids is 3. The molecule has 1 aromatic heterocycles. The van der Waals surface area contributed by atoms with Crippen LogP contribution in [0.1, 0.15) is 78.2 Å². The number of aromatic nitrogens is 2. The van der Waals surface area contributed by atoms with E-state index in [1.807, 2.05) is 12.3 Å². The fourth-order valence-electron chi connectivity index (χ4n) is 5.53. The van der Waals surface area contributed by atoms with Crippen LogP contribution < -0.4 is 5.32 Å². The van der Waals surface area contributed by atoms with Crippen LogP contribution in [0.15, 0.2) is 36.8 Å². The molecule has 3 aliphatic rings. The van der Waals surface area contributed by atoms with E-state index < -0.39 is 6.04 Å². The number of nitrogens with one attached hydrogen (secondary N) is 1. The Balaban J connectivity index is 1.26. The van der Waals surface area contributed by atoms with Crippen molar-refractivity contribution < 1.29 is 14.4 Å². The van der Waals surface area contributed by atoms with E-state index in [1.54, 1.807) is 17.3 Å². The average molecular weight is 448 g/mol. The Morgan fingerprint density at radius 2 is 1.94 bits per heavy atom. The molecule has 0 radical (unpaired) electrons. The highest BCUT2D eigenvalue weighted by molar-refractivity contribution is 6.05. The molecule has 8 nitrogen and oxygen atoms in total. The Bertz CT molecular complexity index is 1060. The molecule has 0 spiro atoms. The molecule has 8 heteroatoms. The van der Waals surface area contributed by atoms with Gasteiger partial charge < -0.3 is 4.90 Å². The molecule has 0 aliphatic carbocycles. The summed E-state index contributed by atoms with van der Waals surface area (Å²) in [5.74, 6) is -0.298. The van der Waals surface area contributed by atoms with E-state index in [9.17, 15) is 14.4 Å². The number of nitrogens with zero attached hydrogens (tertiary/aromatic N) is 4. The van der Waals surface area contributed by atoms with Gasteiger partial charge in [-0.15, -0.1) is 0 Å². The summed E-state index contributed by atoms with van der Waals surface area (Å²) in [6.07, 6.45) is 9.11. The third-order valence-corrected chi connectivity index (χ3v) is 7.30. The van der Waals surface area contributed by atoms with Gasteiger partial charge in [-0.2, -0.15) is 0 Å². The SMILES string of the molecule is CCC(c1cnccn1)N1CCC(c2ccc3c(c2)CN(C2CCC(=O)NC2=O)C3=O)CC1. The molecule has 3 aliphatic heterocycles. The van der Waals surface area contributed by atoms with Crippen LogP contribution in [-0.4, -0.2) is 56.6 Å². The Labute approximate surface area is 193 Å². The zero-order valence-electron chi connectivity index (χ0n) is 18.9. The van der Waals surface area contributed by atoms with Crippen molar-refractivity contribution >= 4 is 17.7 Å². The van der Waals surface area contributed by atoms with Crippen LogP contribution in [0.2, 0.25) is 0 Å². The van der Waals surface area contributed by atoms with Gasteiger partial charge in [-0.05, 0) is 61.9 Å². The lowest BCUT2D eigenvalue weighted by Crippen LogP contribution is -2.52. The van der Waals surface area contributed by atoms with Gasteiger partial charge >= 0.3 is 0 Å². The van der Waals surface area contributed by atoms with Crippen molar-refractivity contribution in [3.63, 3.8) is 0 Å². The van der Waals surface area contributed by atoms with Crippen molar-refractivity contribution in [2.75, 3.05) is 13.1 Å². The molecule has 2 aromatic rings. The molecule has 0 bridgehead atoms. The van der Waals surface area contributed by atoms with Crippen molar-refractivity contribution in [1.82, 2.24) is 25.1 Å². The van der Waals surface area contributed by atoms with Gasteiger partial charge in [-0.25, -0.2) is 0 Å². The second kappa shape index (κ2) is 9.02. The number of carbonyl (C=O) groups is 3. The molecule has 5 rings (SSSR count). The van der Waals surface area contributed by atoms with Crippen LogP contribution in [0.5, 0.6) is 0 Å². The van der Waals surface area contributed by atoms with Gasteiger partial charge in [0.15, 0.2) is 0 Å². The summed E-state index contributed by atoms with van der Waals surface area (Å²) in [6.45, 7) is 4.62. The highest BCUT2D eigenvalue weighted by Crippen LogP contribution is 2.35. The predicted molar refractivity (Wildman–Crippen MR) is 121 cm³/mol. The Hall–Kier alpha value is -3.13. The van der Waals surface area contributed by atoms with Crippen molar-refractivity contribution in [2.24, 2.45) is 0 Å². The lowest BCUT2D eigenvalue weighted by Gasteiger charge is -2.37. The lowest BCUT2D eigenvalue weighted by atomic mass is 9.87. The number of fused-ring (bicyclic) bond motifs is 1. The number of hydrogen-bond donors (Lipinski definition) is 1. The summed E-state index contributed by atoms with van der Waals surface area (Å²) in [4.78, 5) is 49.6. The second-order valence-corrected chi connectivity index (χ2v) is 9.18. The largest absolute Gasteiger partial charge is 0.322 e. The van der Waals surface area contributed by atoms with Crippen molar-refractivity contribution in [1.29, 1.82) is 0 Å². The number of likely N-dealkylation sites (tertiary alicyclic amines) is 1. The maximum Gasteiger partial charge on any atom is 0.255 e. The monoisotopic (exact) mass is 447 g/mol. The Morgan fingerprint density at radius 1 is 1.12 bits per heavy atom. The van der Waals surface area contributed by atoms with E-state index in [4.69, 9.17) is 0 Å². The quantitative estimate of drug-likeness (QED) is 0.708. The maximum atomic E-state index is 12.9. The molecular formula is C25H29N5O3. The van der Waals surface area contributed by atoms with E-state index in [2.05, 4.69) is 39.2 Å². The highest BCUT2D eigenvalue weighted by atomic mass is 16.2. The van der Waals surface area contributed by atoms with Crippen LogP contribution in [0.25, 0.3) is 0 Å². The van der Waals surface area contributed by atoms with Crippen LogP contribution >= 0.6 is 0 Å². The third-order valence-electron chi connectivity index (χ3n) is 7.30. The molecule has 1 N–H and O–H groups in total. The predicted octanol–water partition coefficient (Wildman–Crippen LogP) is 2.57. The molecule has 172 valence electrons. The topological polar surface area (TPSA) is 95.5 Å². The number of imide groups is 1. The summed E-state index contributed by atoms with van der Waals surface area (Å²) < 4.78 is 0. The Kier molecular flexibility index (Phi) is 5.93. The molecule has 4 heterocycles. The third kappa shape index (κ3) is 4.15. The van der Waals surface area contributed by atoms with E-state index in [0.29, 0.717) is 30.5 Å². The summed E-state index contributed by atoms with van der Waals surface area (Å²) in [7, 11) is 0. The minimum absolute atomic E-state index is 0.115. The van der Waals surface area contributed by atoms with Gasteiger partial charge in [0.1, 0.15) is 6.04 Å². The molecule has 2 saturated heterocycles. The normalized spacial score (nSPS) is 22.9. The number of hydrogen-bond acceptors (Lipinski definition) is 6. The molecule has 2 fully saturated rings. The number of rotatable bonds is 5. The van der Waals surface area contributed by atoms with Crippen LogP contribution in [0, 0.1) is 0 Å².